The molecule has 0 saturated carbocycles. The van der Waals surface area contributed by atoms with E-state index in [-0.39, 0.29) is 6.01 Å². The van der Waals surface area contributed by atoms with Gasteiger partial charge in [0.25, 0.3) is 0 Å². The van der Waals surface area contributed by atoms with E-state index >= 15 is 0 Å². The third kappa shape index (κ3) is 3.64. The molecule has 2 N–H and O–H groups in total. The molecule has 28 heavy (non-hydrogen) atoms. The van der Waals surface area contributed by atoms with Gasteiger partial charge in [0.1, 0.15) is 5.82 Å². The molecule has 1 aromatic carbocycles. The third-order valence-electron chi connectivity index (χ3n) is 4.43. The quantitative estimate of drug-likeness (QED) is 0.496. The van der Waals surface area contributed by atoms with Crippen LogP contribution in [-0.4, -0.2) is 31.1 Å². The van der Waals surface area contributed by atoms with Gasteiger partial charge in [-0.1, -0.05) is 49.7 Å². The highest BCUT2D eigenvalue weighted by molar-refractivity contribution is 5.86. The lowest BCUT2D eigenvalue weighted by molar-refractivity contribution is 0.286. The highest BCUT2D eigenvalue weighted by Crippen LogP contribution is 2.28. The molecule has 7 nitrogen and oxygen atoms in total. The van der Waals surface area contributed by atoms with Gasteiger partial charge in [-0.15, -0.1) is 0 Å². The van der Waals surface area contributed by atoms with E-state index in [2.05, 4.69) is 21.9 Å². The van der Waals surface area contributed by atoms with Gasteiger partial charge in [-0.05, 0) is 18.1 Å². The van der Waals surface area contributed by atoms with Gasteiger partial charge in [-0.2, -0.15) is 9.97 Å². The molecule has 0 aliphatic carbocycles. The summed E-state index contributed by atoms with van der Waals surface area (Å²) in [5.41, 5.74) is 9.45. The molecule has 3 heterocycles. The normalized spacial score (nSPS) is 11.0. The molecule has 4 aromatic rings. The van der Waals surface area contributed by atoms with E-state index in [0.29, 0.717) is 30.1 Å². The molecule has 0 aliphatic heterocycles. The van der Waals surface area contributed by atoms with E-state index < -0.39 is 0 Å². The number of anilines is 1. The van der Waals surface area contributed by atoms with Crippen LogP contribution in [0.1, 0.15) is 25.3 Å². The molecule has 0 bridgehead atoms. The van der Waals surface area contributed by atoms with Crippen molar-refractivity contribution >= 4 is 17.0 Å². The maximum Gasteiger partial charge on any atom is 0.320 e. The Hall–Kier alpha value is -3.48. The minimum absolute atomic E-state index is 0.283. The number of aromatic nitrogens is 5. The van der Waals surface area contributed by atoms with E-state index in [4.69, 9.17) is 15.5 Å². The maximum absolute atomic E-state index is 6.20. The largest absolute Gasteiger partial charge is 0.463 e. The van der Waals surface area contributed by atoms with Crippen LogP contribution >= 0.6 is 0 Å². The summed E-state index contributed by atoms with van der Waals surface area (Å²) in [6, 6.07) is 14.2. The zero-order valence-electron chi connectivity index (χ0n) is 15.7. The fourth-order valence-electron chi connectivity index (χ4n) is 3.01. The molecule has 0 aliphatic rings. The van der Waals surface area contributed by atoms with Crippen LogP contribution in [0.25, 0.3) is 22.6 Å². The molecule has 0 amide bonds. The molecule has 4 rings (SSSR count). The van der Waals surface area contributed by atoms with E-state index in [1.165, 1.54) is 0 Å². The molecular weight excluding hydrogens is 352 g/mol. The Labute approximate surface area is 163 Å². The standard InChI is InChI=1S/C21H22N6O/c1-2-3-12-28-21-25-18(22)17-20(26-21)27(14-15-8-7-11-23-13-15)19(24-17)16-9-5-4-6-10-16/h4-11,13H,2-3,12,14H2,1H3,(H2,22,25,26). The zero-order valence-corrected chi connectivity index (χ0v) is 15.7. The second-order valence-electron chi connectivity index (χ2n) is 6.51. The lowest BCUT2D eigenvalue weighted by atomic mass is 10.2. The van der Waals surface area contributed by atoms with Crippen molar-refractivity contribution < 1.29 is 4.74 Å². The second kappa shape index (κ2) is 8.04. The maximum atomic E-state index is 6.20. The SMILES string of the molecule is CCCCOc1nc(N)c2nc(-c3ccccc3)n(Cc3cccnc3)c2n1. The number of nitrogen functional groups attached to an aromatic ring is 1. The Morgan fingerprint density at radius 1 is 1.04 bits per heavy atom. The molecule has 0 fully saturated rings. The predicted octanol–water partition coefficient (Wildman–Crippen LogP) is 3.70. The van der Waals surface area contributed by atoms with E-state index in [1.54, 1.807) is 6.20 Å². The monoisotopic (exact) mass is 374 g/mol. The van der Waals surface area contributed by atoms with Gasteiger partial charge >= 0.3 is 6.01 Å². The van der Waals surface area contributed by atoms with Crippen molar-refractivity contribution in [3.8, 4) is 17.4 Å². The van der Waals surface area contributed by atoms with Gasteiger partial charge in [-0.3, -0.25) is 4.98 Å². The van der Waals surface area contributed by atoms with Crippen molar-refractivity contribution in [2.75, 3.05) is 12.3 Å². The first-order valence-corrected chi connectivity index (χ1v) is 9.37. The number of hydrogen-bond donors (Lipinski definition) is 1. The molecule has 7 heteroatoms. The average Bonchev–Trinajstić information content (AvgIpc) is 3.09. The first-order chi connectivity index (χ1) is 13.8. The summed E-state index contributed by atoms with van der Waals surface area (Å²) in [5.74, 6) is 1.10. The zero-order chi connectivity index (χ0) is 19.3. The molecule has 0 unspecified atom stereocenters. The van der Waals surface area contributed by atoms with E-state index in [1.807, 2.05) is 53.2 Å². The highest BCUT2D eigenvalue weighted by Gasteiger charge is 2.18. The minimum atomic E-state index is 0.283. The Balaban J connectivity index is 1.85. The van der Waals surface area contributed by atoms with E-state index in [9.17, 15) is 0 Å². The Morgan fingerprint density at radius 3 is 2.64 bits per heavy atom. The molecule has 142 valence electrons. The number of imidazole rings is 1. The average molecular weight is 374 g/mol. The molecule has 3 aromatic heterocycles. The smallest absolute Gasteiger partial charge is 0.320 e. The van der Waals surface area contributed by atoms with Gasteiger partial charge in [0.05, 0.1) is 13.2 Å². The summed E-state index contributed by atoms with van der Waals surface area (Å²) in [6.45, 7) is 3.24. The number of fused-ring (bicyclic) bond motifs is 1. The number of hydrogen-bond acceptors (Lipinski definition) is 6. The number of benzene rings is 1. The topological polar surface area (TPSA) is 91.7 Å². The van der Waals surface area contributed by atoms with E-state index in [0.717, 1.165) is 29.8 Å². The lowest BCUT2D eigenvalue weighted by Gasteiger charge is -2.10. The molecule has 0 spiro atoms. The highest BCUT2D eigenvalue weighted by atomic mass is 16.5. The summed E-state index contributed by atoms with van der Waals surface area (Å²) in [4.78, 5) is 17.9. The number of nitrogens with two attached hydrogens (primary N) is 1. The Morgan fingerprint density at radius 2 is 1.89 bits per heavy atom. The van der Waals surface area contributed by atoms with Crippen molar-refractivity contribution in [1.82, 2.24) is 24.5 Å². The summed E-state index contributed by atoms with van der Waals surface area (Å²) in [7, 11) is 0. The Kier molecular flexibility index (Phi) is 5.14. The summed E-state index contributed by atoms with van der Waals surface area (Å²) >= 11 is 0. The second-order valence-corrected chi connectivity index (χ2v) is 6.51. The number of pyridine rings is 1. The van der Waals surface area contributed by atoms with Crippen LogP contribution in [0.2, 0.25) is 0 Å². The van der Waals surface area contributed by atoms with Gasteiger partial charge in [-0.25, -0.2) is 4.98 Å². The molecule has 0 radical (unpaired) electrons. The van der Waals surface area contributed by atoms with Crippen LogP contribution in [-0.2, 0) is 6.54 Å². The van der Waals surface area contributed by atoms with Crippen LogP contribution in [0.15, 0.2) is 54.9 Å². The van der Waals surface area contributed by atoms with Gasteiger partial charge < -0.3 is 15.0 Å². The summed E-state index contributed by atoms with van der Waals surface area (Å²) in [6.07, 6.45) is 5.57. The minimum Gasteiger partial charge on any atom is -0.463 e. The number of unbranched alkanes of at least 4 members (excludes halogenated alkanes) is 1. The van der Waals surface area contributed by atoms with Gasteiger partial charge in [0, 0.05) is 18.0 Å². The van der Waals surface area contributed by atoms with Gasteiger partial charge in [0.15, 0.2) is 17.0 Å². The number of nitrogens with zero attached hydrogens (tertiary/aromatic N) is 5. The number of ether oxygens (including phenoxy) is 1. The van der Waals surface area contributed by atoms with Crippen molar-refractivity contribution in [2.45, 2.75) is 26.3 Å². The van der Waals surface area contributed by atoms with Crippen molar-refractivity contribution in [3.05, 3.63) is 60.4 Å². The van der Waals surface area contributed by atoms with Crippen LogP contribution in [0.4, 0.5) is 5.82 Å². The molecule has 0 atom stereocenters. The van der Waals surface area contributed by atoms with Crippen molar-refractivity contribution in [2.24, 2.45) is 0 Å². The van der Waals surface area contributed by atoms with Crippen LogP contribution in [0, 0.1) is 0 Å². The lowest BCUT2D eigenvalue weighted by Crippen LogP contribution is -2.07. The fraction of sp³-hybridized carbons (Fsp3) is 0.238. The Bertz CT molecular complexity index is 1060. The van der Waals surface area contributed by atoms with Gasteiger partial charge in [0.2, 0.25) is 0 Å². The summed E-state index contributed by atoms with van der Waals surface area (Å²) < 4.78 is 7.73. The van der Waals surface area contributed by atoms with Crippen LogP contribution in [0.3, 0.4) is 0 Å². The first kappa shape index (κ1) is 17.9. The first-order valence-electron chi connectivity index (χ1n) is 9.37. The van der Waals surface area contributed by atoms with Crippen LogP contribution < -0.4 is 10.5 Å². The number of rotatable bonds is 7. The fourth-order valence-corrected chi connectivity index (χ4v) is 3.01. The van der Waals surface area contributed by atoms with Crippen LogP contribution in [0.5, 0.6) is 6.01 Å². The summed E-state index contributed by atoms with van der Waals surface area (Å²) in [5, 5.41) is 0. The third-order valence-corrected chi connectivity index (χ3v) is 4.43. The van der Waals surface area contributed by atoms with Crippen molar-refractivity contribution in [3.63, 3.8) is 0 Å². The predicted molar refractivity (Wildman–Crippen MR) is 109 cm³/mol. The van der Waals surface area contributed by atoms with Crippen molar-refractivity contribution in [1.29, 1.82) is 0 Å². The molecular formula is C21H22N6O. The molecule has 0 saturated heterocycles.